The van der Waals surface area contributed by atoms with E-state index in [4.69, 9.17) is 11.6 Å². The molecule has 0 spiro atoms. The van der Waals surface area contributed by atoms with Crippen LogP contribution in [0.25, 0.3) is 0 Å². The van der Waals surface area contributed by atoms with Crippen LogP contribution in [0.4, 0.5) is 0 Å². The van der Waals surface area contributed by atoms with Crippen LogP contribution < -0.4 is 0 Å². The van der Waals surface area contributed by atoms with Crippen molar-refractivity contribution in [3.63, 3.8) is 0 Å². The van der Waals surface area contributed by atoms with Crippen molar-refractivity contribution in [2.45, 2.75) is 33.7 Å². The number of halogens is 1. The molecule has 0 atom stereocenters. The van der Waals surface area contributed by atoms with Crippen molar-refractivity contribution in [1.29, 1.82) is 0 Å². The van der Waals surface area contributed by atoms with Crippen LogP contribution in [-0.2, 0) is 6.54 Å². The highest BCUT2D eigenvalue weighted by Crippen LogP contribution is 2.18. The molecule has 0 amide bonds. The highest BCUT2D eigenvalue weighted by Gasteiger charge is 2.10. The summed E-state index contributed by atoms with van der Waals surface area (Å²) in [6.07, 6.45) is 2.74. The molecule has 1 rings (SSSR count). The van der Waals surface area contributed by atoms with Gasteiger partial charge in [0.05, 0.1) is 0 Å². The molecule has 0 saturated heterocycles. The van der Waals surface area contributed by atoms with Gasteiger partial charge in [-0.05, 0) is 23.4 Å². The molecule has 0 fully saturated rings. The molecular weight excluding hydrogens is 174 g/mol. The number of nitrogens with zero attached hydrogens (tertiary/aromatic N) is 3. The Morgan fingerprint density at radius 2 is 2.17 bits per heavy atom. The first-order valence-corrected chi connectivity index (χ1v) is 4.40. The minimum Gasteiger partial charge on any atom is -0.251 e. The van der Waals surface area contributed by atoms with E-state index < -0.39 is 0 Å². The first-order chi connectivity index (χ1) is 5.47. The molecule has 0 bridgehead atoms. The van der Waals surface area contributed by atoms with Crippen LogP contribution in [0, 0.1) is 5.41 Å². The van der Waals surface area contributed by atoms with Gasteiger partial charge in [-0.3, -0.25) is 4.68 Å². The van der Waals surface area contributed by atoms with Gasteiger partial charge >= 0.3 is 0 Å². The van der Waals surface area contributed by atoms with E-state index in [1.165, 1.54) is 0 Å². The van der Waals surface area contributed by atoms with Gasteiger partial charge in [0.2, 0.25) is 5.28 Å². The van der Waals surface area contributed by atoms with Gasteiger partial charge in [0.25, 0.3) is 0 Å². The Labute approximate surface area is 77.8 Å². The van der Waals surface area contributed by atoms with E-state index in [9.17, 15) is 0 Å². The fourth-order valence-electron chi connectivity index (χ4n) is 0.830. The fourth-order valence-corrected chi connectivity index (χ4v) is 0.970. The predicted molar refractivity (Wildman–Crippen MR) is 49.1 cm³/mol. The normalized spacial score (nSPS) is 12.0. The smallest absolute Gasteiger partial charge is 0.242 e. The first-order valence-electron chi connectivity index (χ1n) is 4.02. The Hall–Kier alpha value is -0.570. The van der Waals surface area contributed by atoms with Crippen molar-refractivity contribution < 1.29 is 0 Å². The Morgan fingerprint density at radius 1 is 1.50 bits per heavy atom. The number of hydrogen-bond acceptors (Lipinski definition) is 2. The van der Waals surface area contributed by atoms with Gasteiger partial charge in [-0.25, -0.2) is 4.98 Å². The monoisotopic (exact) mass is 187 g/mol. The van der Waals surface area contributed by atoms with Crippen LogP contribution in [0.15, 0.2) is 6.33 Å². The summed E-state index contributed by atoms with van der Waals surface area (Å²) in [5.41, 5.74) is 0.332. The highest BCUT2D eigenvalue weighted by molar-refractivity contribution is 6.28. The van der Waals surface area contributed by atoms with Gasteiger partial charge in [-0.1, -0.05) is 20.8 Å². The zero-order chi connectivity index (χ0) is 9.19. The summed E-state index contributed by atoms with van der Waals surface area (Å²) in [6, 6.07) is 0. The Morgan fingerprint density at radius 3 is 2.58 bits per heavy atom. The lowest BCUT2D eigenvalue weighted by Crippen LogP contribution is -2.10. The second-order valence-electron chi connectivity index (χ2n) is 4.09. The maximum atomic E-state index is 5.57. The van der Waals surface area contributed by atoms with Gasteiger partial charge in [-0.2, -0.15) is 0 Å². The maximum Gasteiger partial charge on any atom is 0.242 e. The van der Waals surface area contributed by atoms with Crippen molar-refractivity contribution in [1.82, 2.24) is 14.8 Å². The molecule has 0 aliphatic heterocycles. The minimum absolute atomic E-state index is 0.323. The summed E-state index contributed by atoms with van der Waals surface area (Å²) in [5, 5.41) is 4.31. The van der Waals surface area contributed by atoms with Gasteiger partial charge in [0.15, 0.2) is 0 Å². The zero-order valence-corrected chi connectivity index (χ0v) is 8.47. The van der Waals surface area contributed by atoms with E-state index >= 15 is 0 Å². The molecule has 4 heteroatoms. The third-order valence-electron chi connectivity index (χ3n) is 1.60. The number of rotatable bonds is 2. The molecule has 1 aromatic rings. The van der Waals surface area contributed by atoms with E-state index in [0.717, 1.165) is 13.0 Å². The topological polar surface area (TPSA) is 30.7 Å². The lowest BCUT2D eigenvalue weighted by molar-refractivity contribution is 0.341. The van der Waals surface area contributed by atoms with Crippen molar-refractivity contribution in [2.75, 3.05) is 0 Å². The lowest BCUT2D eigenvalue weighted by atomic mass is 9.92. The standard InChI is InChI=1S/C8H14ClN3/c1-8(2,3)4-5-12-6-10-7(9)11-12/h6H,4-5H2,1-3H3. The lowest BCUT2D eigenvalue weighted by Gasteiger charge is -2.17. The molecule has 3 nitrogen and oxygen atoms in total. The molecule has 1 heterocycles. The second-order valence-corrected chi connectivity index (χ2v) is 4.43. The van der Waals surface area contributed by atoms with E-state index in [1.54, 1.807) is 11.0 Å². The van der Waals surface area contributed by atoms with Gasteiger partial charge in [-0.15, -0.1) is 5.10 Å². The molecule has 0 aromatic carbocycles. The molecule has 0 aliphatic rings. The van der Waals surface area contributed by atoms with Crippen LogP contribution >= 0.6 is 11.6 Å². The Bertz CT molecular complexity index is 249. The van der Waals surface area contributed by atoms with E-state index in [-0.39, 0.29) is 0 Å². The molecule has 0 N–H and O–H groups in total. The van der Waals surface area contributed by atoms with Gasteiger partial charge in [0, 0.05) is 6.54 Å². The second kappa shape index (κ2) is 3.44. The first kappa shape index (κ1) is 9.52. The molecule has 0 aliphatic carbocycles. The molecule has 68 valence electrons. The molecule has 0 unspecified atom stereocenters. The number of aryl methyl sites for hydroxylation is 1. The molecule has 0 saturated carbocycles. The quantitative estimate of drug-likeness (QED) is 0.712. The maximum absolute atomic E-state index is 5.57. The van der Waals surface area contributed by atoms with Crippen LogP contribution in [0.2, 0.25) is 5.28 Å². The van der Waals surface area contributed by atoms with E-state index in [0.29, 0.717) is 10.7 Å². The third kappa shape index (κ3) is 3.22. The molecule has 12 heavy (non-hydrogen) atoms. The van der Waals surface area contributed by atoms with Crippen LogP contribution in [0.1, 0.15) is 27.2 Å². The third-order valence-corrected chi connectivity index (χ3v) is 1.77. The summed E-state index contributed by atoms with van der Waals surface area (Å²) in [4.78, 5) is 3.83. The Kier molecular flexibility index (Phi) is 2.73. The van der Waals surface area contributed by atoms with E-state index in [1.807, 2.05) is 0 Å². The SMILES string of the molecule is CC(C)(C)CCn1cnc(Cl)n1. The molecule has 0 radical (unpaired) electrons. The molecular formula is C8H14ClN3. The minimum atomic E-state index is 0.323. The molecule has 1 aromatic heterocycles. The van der Waals surface area contributed by atoms with Crippen LogP contribution in [0.5, 0.6) is 0 Å². The van der Waals surface area contributed by atoms with Crippen molar-refractivity contribution in [3.05, 3.63) is 11.6 Å². The summed E-state index contributed by atoms with van der Waals surface area (Å²) in [7, 11) is 0. The van der Waals surface area contributed by atoms with Gasteiger partial charge < -0.3 is 0 Å². The average Bonchev–Trinajstić information content (AvgIpc) is 2.30. The zero-order valence-electron chi connectivity index (χ0n) is 7.71. The number of aromatic nitrogens is 3. The van der Waals surface area contributed by atoms with E-state index in [2.05, 4.69) is 30.9 Å². The van der Waals surface area contributed by atoms with Gasteiger partial charge in [0.1, 0.15) is 6.33 Å². The van der Waals surface area contributed by atoms with Crippen LogP contribution in [0.3, 0.4) is 0 Å². The highest BCUT2D eigenvalue weighted by atomic mass is 35.5. The summed E-state index contributed by atoms with van der Waals surface area (Å²) >= 11 is 5.57. The summed E-state index contributed by atoms with van der Waals surface area (Å²) in [5.74, 6) is 0. The van der Waals surface area contributed by atoms with Crippen molar-refractivity contribution >= 4 is 11.6 Å². The largest absolute Gasteiger partial charge is 0.251 e. The van der Waals surface area contributed by atoms with Crippen molar-refractivity contribution in [2.24, 2.45) is 5.41 Å². The summed E-state index contributed by atoms with van der Waals surface area (Å²) < 4.78 is 1.77. The average molecular weight is 188 g/mol. The predicted octanol–water partition coefficient (Wildman–Crippen LogP) is 2.37. The summed E-state index contributed by atoms with van der Waals surface area (Å²) in [6.45, 7) is 7.48. The number of hydrogen-bond donors (Lipinski definition) is 0. The van der Waals surface area contributed by atoms with Crippen molar-refractivity contribution in [3.8, 4) is 0 Å². The fraction of sp³-hybridized carbons (Fsp3) is 0.750. The van der Waals surface area contributed by atoms with Crippen LogP contribution in [-0.4, -0.2) is 14.8 Å². The Balaban J connectivity index is 2.44.